The molecule has 3 nitrogen and oxygen atoms in total. The van der Waals surface area contributed by atoms with Gasteiger partial charge in [-0.15, -0.1) is 0 Å². The van der Waals surface area contributed by atoms with Crippen molar-refractivity contribution in [2.45, 2.75) is 36.9 Å². The van der Waals surface area contributed by atoms with Gasteiger partial charge < -0.3 is 9.47 Å². The van der Waals surface area contributed by atoms with Crippen LogP contribution in [0.2, 0.25) is 0 Å². The SMILES string of the molecule is N#CC1(c2ccccc2)CCCC2(C1)OCCO2. The van der Waals surface area contributed by atoms with E-state index in [1.807, 2.05) is 30.3 Å². The standard InChI is InChI=1S/C15H17NO2/c16-12-14(13-5-2-1-3-6-13)7-4-8-15(11-14)17-9-10-18-15/h1-3,5-6H,4,7-11H2. The molecule has 0 aromatic heterocycles. The molecule has 1 unspecified atom stereocenters. The number of benzene rings is 1. The molecule has 1 aromatic rings. The highest BCUT2D eigenvalue weighted by atomic mass is 16.7. The molecule has 94 valence electrons. The second-order valence-corrected chi connectivity index (χ2v) is 5.20. The summed E-state index contributed by atoms with van der Waals surface area (Å²) in [5.41, 5.74) is 0.634. The highest BCUT2D eigenvalue weighted by Gasteiger charge is 2.49. The Balaban J connectivity index is 1.95. The van der Waals surface area contributed by atoms with E-state index in [0.29, 0.717) is 19.6 Å². The summed E-state index contributed by atoms with van der Waals surface area (Å²) in [5.74, 6) is -0.510. The molecule has 0 radical (unpaired) electrons. The van der Waals surface area contributed by atoms with E-state index in [1.165, 1.54) is 0 Å². The normalized spacial score (nSPS) is 30.2. The van der Waals surface area contributed by atoms with Gasteiger partial charge in [-0.05, 0) is 18.4 Å². The lowest BCUT2D eigenvalue weighted by Gasteiger charge is -2.41. The third-order valence-electron chi connectivity index (χ3n) is 4.09. The summed E-state index contributed by atoms with van der Waals surface area (Å²) in [6.07, 6.45) is 3.42. The van der Waals surface area contributed by atoms with E-state index in [0.717, 1.165) is 24.8 Å². The predicted molar refractivity (Wildman–Crippen MR) is 66.8 cm³/mol. The van der Waals surface area contributed by atoms with Crippen LogP contribution in [0.1, 0.15) is 31.2 Å². The third kappa shape index (κ3) is 1.82. The monoisotopic (exact) mass is 243 g/mol. The lowest BCUT2D eigenvalue weighted by atomic mass is 9.68. The first-order valence-corrected chi connectivity index (χ1v) is 6.53. The first-order chi connectivity index (χ1) is 8.79. The number of nitriles is 1. The van der Waals surface area contributed by atoms with Crippen molar-refractivity contribution in [2.75, 3.05) is 13.2 Å². The Morgan fingerprint density at radius 2 is 1.78 bits per heavy atom. The summed E-state index contributed by atoms with van der Waals surface area (Å²) in [6.45, 7) is 1.30. The number of ether oxygens (including phenoxy) is 2. The molecule has 2 aliphatic rings. The third-order valence-corrected chi connectivity index (χ3v) is 4.09. The molecular weight excluding hydrogens is 226 g/mol. The highest BCUT2D eigenvalue weighted by Crippen LogP contribution is 2.46. The van der Waals surface area contributed by atoms with Crippen molar-refractivity contribution in [3.05, 3.63) is 35.9 Å². The maximum atomic E-state index is 9.68. The van der Waals surface area contributed by atoms with Gasteiger partial charge in [0, 0.05) is 12.8 Å². The Hall–Kier alpha value is -1.37. The first-order valence-electron chi connectivity index (χ1n) is 6.53. The van der Waals surface area contributed by atoms with Gasteiger partial charge >= 0.3 is 0 Å². The average molecular weight is 243 g/mol. The number of hydrogen-bond donors (Lipinski definition) is 0. The van der Waals surface area contributed by atoms with Crippen LogP contribution in [0.3, 0.4) is 0 Å². The number of hydrogen-bond acceptors (Lipinski definition) is 3. The fourth-order valence-corrected chi connectivity index (χ4v) is 3.20. The first kappa shape index (κ1) is 11.7. The molecule has 1 saturated heterocycles. The van der Waals surface area contributed by atoms with Crippen LogP contribution in [0.5, 0.6) is 0 Å². The minimum absolute atomic E-state index is 0.455. The van der Waals surface area contributed by atoms with E-state index >= 15 is 0 Å². The summed E-state index contributed by atoms with van der Waals surface area (Å²) >= 11 is 0. The molecule has 1 aliphatic heterocycles. The summed E-state index contributed by atoms with van der Waals surface area (Å²) in [6, 6.07) is 12.6. The van der Waals surface area contributed by atoms with Crippen molar-refractivity contribution >= 4 is 0 Å². The second-order valence-electron chi connectivity index (χ2n) is 5.20. The maximum absolute atomic E-state index is 9.68. The summed E-state index contributed by atoms with van der Waals surface area (Å²) in [4.78, 5) is 0. The molecule has 1 aliphatic carbocycles. The van der Waals surface area contributed by atoms with Crippen LogP contribution in [0, 0.1) is 11.3 Å². The highest BCUT2D eigenvalue weighted by molar-refractivity contribution is 5.33. The van der Waals surface area contributed by atoms with Gasteiger partial charge in [0.2, 0.25) is 0 Å². The molecule has 0 N–H and O–H groups in total. The Labute approximate surface area is 107 Å². The Morgan fingerprint density at radius 3 is 2.44 bits per heavy atom. The molecular formula is C15H17NO2. The van der Waals surface area contributed by atoms with Crippen LogP contribution in [-0.2, 0) is 14.9 Å². The predicted octanol–water partition coefficient (Wildman–Crippen LogP) is 2.77. The van der Waals surface area contributed by atoms with Crippen LogP contribution < -0.4 is 0 Å². The maximum Gasteiger partial charge on any atom is 0.170 e. The van der Waals surface area contributed by atoms with Crippen molar-refractivity contribution in [1.82, 2.24) is 0 Å². The minimum Gasteiger partial charge on any atom is -0.347 e. The van der Waals surface area contributed by atoms with Gasteiger partial charge in [-0.2, -0.15) is 5.26 Å². The molecule has 3 rings (SSSR count). The quantitative estimate of drug-likeness (QED) is 0.761. The molecule has 2 fully saturated rings. The van der Waals surface area contributed by atoms with Gasteiger partial charge in [0.25, 0.3) is 0 Å². The number of nitrogens with zero attached hydrogens (tertiary/aromatic N) is 1. The zero-order chi connectivity index (χ0) is 12.5. The van der Waals surface area contributed by atoms with Crippen LogP contribution in [0.25, 0.3) is 0 Å². The molecule has 1 aromatic carbocycles. The zero-order valence-electron chi connectivity index (χ0n) is 10.4. The van der Waals surface area contributed by atoms with Gasteiger partial charge in [-0.25, -0.2) is 0 Å². The average Bonchev–Trinajstić information content (AvgIpc) is 2.87. The van der Waals surface area contributed by atoms with Gasteiger partial charge in [-0.1, -0.05) is 30.3 Å². The zero-order valence-corrected chi connectivity index (χ0v) is 10.4. The summed E-state index contributed by atoms with van der Waals surface area (Å²) in [7, 11) is 0. The molecule has 1 atom stereocenters. The van der Waals surface area contributed by atoms with Crippen LogP contribution in [0.4, 0.5) is 0 Å². The topological polar surface area (TPSA) is 42.2 Å². The summed E-state index contributed by atoms with van der Waals surface area (Å²) in [5, 5.41) is 9.68. The largest absolute Gasteiger partial charge is 0.347 e. The van der Waals surface area contributed by atoms with Crippen LogP contribution >= 0.6 is 0 Å². The molecule has 1 spiro atoms. The Morgan fingerprint density at radius 1 is 1.06 bits per heavy atom. The summed E-state index contributed by atoms with van der Waals surface area (Å²) < 4.78 is 11.6. The Kier molecular flexibility index (Phi) is 2.85. The fraction of sp³-hybridized carbons (Fsp3) is 0.533. The van der Waals surface area contributed by atoms with Crippen molar-refractivity contribution in [1.29, 1.82) is 5.26 Å². The molecule has 3 heteroatoms. The lowest BCUT2D eigenvalue weighted by molar-refractivity contribution is -0.186. The lowest BCUT2D eigenvalue weighted by Crippen LogP contribution is -2.44. The molecule has 0 amide bonds. The smallest absolute Gasteiger partial charge is 0.170 e. The molecule has 0 bridgehead atoms. The van der Waals surface area contributed by atoms with Crippen molar-refractivity contribution in [2.24, 2.45) is 0 Å². The Bertz CT molecular complexity index is 459. The second kappa shape index (κ2) is 4.38. The van der Waals surface area contributed by atoms with Gasteiger partial charge in [0.15, 0.2) is 5.79 Å². The van der Waals surface area contributed by atoms with E-state index in [9.17, 15) is 5.26 Å². The van der Waals surface area contributed by atoms with E-state index in [2.05, 4.69) is 6.07 Å². The van der Waals surface area contributed by atoms with E-state index < -0.39 is 11.2 Å². The molecule has 1 saturated carbocycles. The minimum atomic E-state index is -0.510. The molecule has 1 heterocycles. The van der Waals surface area contributed by atoms with Crippen LogP contribution in [0.15, 0.2) is 30.3 Å². The van der Waals surface area contributed by atoms with Crippen LogP contribution in [-0.4, -0.2) is 19.0 Å². The van der Waals surface area contributed by atoms with Gasteiger partial charge in [0.05, 0.1) is 24.7 Å². The van der Waals surface area contributed by atoms with Crippen molar-refractivity contribution in [3.8, 4) is 6.07 Å². The number of rotatable bonds is 1. The van der Waals surface area contributed by atoms with E-state index in [1.54, 1.807) is 0 Å². The fourth-order valence-electron chi connectivity index (χ4n) is 3.20. The van der Waals surface area contributed by atoms with E-state index in [4.69, 9.17) is 9.47 Å². The van der Waals surface area contributed by atoms with Crippen molar-refractivity contribution in [3.63, 3.8) is 0 Å². The molecule has 18 heavy (non-hydrogen) atoms. The van der Waals surface area contributed by atoms with Gasteiger partial charge in [-0.3, -0.25) is 0 Å². The van der Waals surface area contributed by atoms with E-state index in [-0.39, 0.29) is 0 Å². The van der Waals surface area contributed by atoms with Crippen molar-refractivity contribution < 1.29 is 9.47 Å². The van der Waals surface area contributed by atoms with Gasteiger partial charge in [0.1, 0.15) is 0 Å².